The number of hydrogen-bond acceptors (Lipinski definition) is 3. The first kappa shape index (κ1) is 15.2. The molecule has 104 valence electrons. The smallest absolute Gasteiger partial charge is 0.310 e. The minimum Gasteiger partial charge on any atom is -0.482 e. The number of alkyl halides is 1. The fraction of sp³-hybridized carbons (Fsp3) is 0.143. The first-order valence-corrected chi connectivity index (χ1v) is 8.00. The predicted molar refractivity (Wildman–Crippen MR) is 89.2 cm³/mol. The maximum atomic E-state index is 11.0. The quantitative estimate of drug-likeness (QED) is 0.289. The van der Waals surface area contributed by atoms with Crippen LogP contribution in [0.4, 0.5) is 5.69 Å². The second-order valence-electron chi connectivity index (χ2n) is 4.11. The van der Waals surface area contributed by atoms with E-state index >= 15 is 0 Å². The Balaban J connectivity index is 2.18. The Kier molecular flexibility index (Phi) is 5.36. The fourth-order valence-electron chi connectivity index (χ4n) is 1.65. The number of hydrogen-bond donors (Lipinski definition) is 0. The summed E-state index contributed by atoms with van der Waals surface area (Å²) in [6, 6.07) is 12.7. The van der Waals surface area contributed by atoms with Gasteiger partial charge in [0, 0.05) is 15.0 Å². The molecule has 2 aromatic carbocycles. The normalized spacial score (nSPS) is 10.3. The third-order valence-electron chi connectivity index (χ3n) is 2.68. The third-order valence-corrected chi connectivity index (χ3v) is 4.05. The topological polar surface area (TPSA) is 52.4 Å². The van der Waals surface area contributed by atoms with Crippen LogP contribution in [0.1, 0.15) is 11.1 Å². The van der Waals surface area contributed by atoms with Crippen LogP contribution in [0.5, 0.6) is 5.75 Å². The van der Waals surface area contributed by atoms with Crippen LogP contribution in [0, 0.1) is 13.7 Å². The molecule has 0 aliphatic heterocycles. The largest absolute Gasteiger partial charge is 0.482 e. The van der Waals surface area contributed by atoms with Crippen molar-refractivity contribution in [3.8, 4) is 5.75 Å². The van der Waals surface area contributed by atoms with Crippen molar-refractivity contribution in [1.29, 1.82) is 0 Å². The lowest BCUT2D eigenvalue weighted by molar-refractivity contribution is -0.386. The molecule has 4 nitrogen and oxygen atoms in total. The van der Waals surface area contributed by atoms with E-state index in [2.05, 4.69) is 38.5 Å². The number of nitrogens with zero attached hydrogens (tertiary/aromatic N) is 1. The van der Waals surface area contributed by atoms with Crippen molar-refractivity contribution in [1.82, 2.24) is 0 Å². The molecular weight excluding hydrogens is 437 g/mol. The Bertz CT molecular complexity index is 616. The van der Waals surface area contributed by atoms with Crippen molar-refractivity contribution in [3.05, 3.63) is 67.3 Å². The molecule has 0 saturated carbocycles. The van der Waals surface area contributed by atoms with Crippen LogP contribution in [-0.4, -0.2) is 4.92 Å². The Labute approximate surface area is 138 Å². The van der Waals surface area contributed by atoms with Gasteiger partial charge in [-0.3, -0.25) is 10.1 Å². The van der Waals surface area contributed by atoms with Gasteiger partial charge in [-0.05, 0) is 51.9 Å². The second kappa shape index (κ2) is 7.03. The molecule has 0 fully saturated rings. The maximum Gasteiger partial charge on any atom is 0.310 e. The van der Waals surface area contributed by atoms with Crippen molar-refractivity contribution in [2.75, 3.05) is 0 Å². The highest BCUT2D eigenvalue weighted by Gasteiger charge is 2.15. The monoisotopic (exact) mass is 447 g/mol. The molecule has 2 aromatic rings. The molecule has 0 atom stereocenters. The van der Waals surface area contributed by atoms with E-state index in [1.165, 1.54) is 6.07 Å². The molecule has 0 radical (unpaired) electrons. The molecule has 2 rings (SSSR count). The lowest BCUT2D eigenvalue weighted by Crippen LogP contribution is -2.00. The minimum absolute atomic E-state index is 0.0137. The van der Waals surface area contributed by atoms with E-state index in [9.17, 15) is 10.1 Å². The van der Waals surface area contributed by atoms with E-state index in [1.54, 1.807) is 12.1 Å². The van der Waals surface area contributed by atoms with Gasteiger partial charge in [0.15, 0.2) is 5.75 Å². The van der Waals surface area contributed by atoms with Crippen molar-refractivity contribution in [2.24, 2.45) is 0 Å². The first-order chi connectivity index (χ1) is 9.60. The zero-order valence-electron chi connectivity index (χ0n) is 10.4. The van der Waals surface area contributed by atoms with Gasteiger partial charge in [0.2, 0.25) is 0 Å². The van der Waals surface area contributed by atoms with Crippen molar-refractivity contribution in [2.45, 2.75) is 11.9 Å². The Hall–Kier alpha value is -1.15. The molecule has 0 heterocycles. The van der Waals surface area contributed by atoms with E-state index in [-0.39, 0.29) is 5.69 Å². The lowest BCUT2D eigenvalue weighted by Gasteiger charge is -2.08. The van der Waals surface area contributed by atoms with E-state index in [4.69, 9.17) is 4.74 Å². The molecule has 0 saturated heterocycles. The van der Waals surface area contributed by atoms with Gasteiger partial charge in [-0.15, -0.1) is 0 Å². The molecule has 20 heavy (non-hydrogen) atoms. The summed E-state index contributed by atoms with van der Waals surface area (Å²) < 4.78 is 6.74. The average Bonchev–Trinajstić information content (AvgIpc) is 2.46. The second-order valence-corrected chi connectivity index (χ2v) is 5.91. The lowest BCUT2D eigenvalue weighted by atomic mass is 10.2. The summed E-state index contributed by atoms with van der Waals surface area (Å²) in [4.78, 5) is 10.6. The summed E-state index contributed by atoms with van der Waals surface area (Å²) in [6.07, 6.45) is 0. The minimum atomic E-state index is -0.429. The Morgan fingerprint density at radius 1 is 1.15 bits per heavy atom. The Morgan fingerprint density at radius 3 is 2.40 bits per heavy atom. The number of benzene rings is 2. The standard InChI is InChI=1S/C14H11BrINO3/c15-8-11-3-6-13(17(18)19)14(7-11)20-9-10-1-4-12(16)5-2-10/h1-7H,8-9H2. The summed E-state index contributed by atoms with van der Waals surface area (Å²) in [5.74, 6) is 0.297. The predicted octanol–water partition coefficient (Wildman–Crippen LogP) is 4.67. The number of nitro groups is 1. The van der Waals surface area contributed by atoms with Crippen LogP contribution in [0.15, 0.2) is 42.5 Å². The average molecular weight is 448 g/mol. The van der Waals surface area contributed by atoms with Crippen LogP contribution < -0.4 is 4.74 Å². The number of nitro benzene ring substituents is 1. The van der Waals surface area contributed by atoms with Crippen LogP contribution in [0.3, 0.4) is 0 Å². The van der Waals surface area contributed by atoms with Gasteiger partial charge in [0.05, 0.1) is 4.92 Å². The van der Waals surface area contributed by atoms with Gasteiger partial charge < -0.3 is 4.74 Å². The van der Waals surface area contributed by atoms with E-state index in [0.717, 1.165) is 14.7 Å². The molecule has 0 bridgehead atoms. The SMILES string of the molecule is O=[N+]([O-])c1ccc(CBr)cc1OCc1ccc(I)cc1. The summed E-state index contributed by atoms with van der Waals surface area (Å²) in [5, 5.41) is 11.6. The van der Waals surface area contributed by atoms with Crippen molar-refractivity contribution >= 4 is 44.2 Å². The highest BCUT2D eigenvalue weighted by atomic mass is 127. The van der Waals surface area contributed by atoms with Gasteiger partial charge >= 0.3 is 5.69 Å². The molecular formula is C14H11BrINO3. The highest BCUT2D eigenvalue weighted by molar-refractivity contribution is 14.1. The first-order valence-electron chi connectivity index (χ1n) is 5.80. The van der Waals surface area contributed by atoms with Crippen molar-refractivity contribution < 1.29 is 9.66 Å². The van der Waals surface area contributed by atoms with Gasteiger partial charge in [0.1, 0.15) is 6.61 Å². The van der Waals surface area contributed by atoms with Crippen LogP contribution in [0.2, 0.25) is 0 Å². The number of halogens is 2. The van der Waals surface area contributed by atoms with Crippen molar-refractivity contribution in [3.63, 3.8) is 0 Å². The maximum absolute atomic E-state index is 11.0. The molecule has 0 amide bonds. The molecule has 0 spiro atoms. The van der Waals surface area contributed by atoms with E-state index < -0.39 is 4.92 Å². The third kappa shape index (κ3) is 3.92. The molecule has 0 aliphatic carbocycles. The zero-order chi connectivity index (χ0) is 14.5. The van der Waals surface area contributed by atoms with Gasteiger partial charge in [-0.25, -0.2) is 0 Å². The number of rotatable bonds is 5. The van der Waals surface area contributed by atoms with E-state index in [1.807, 2.05) is 24.3 Å². The molecule has 0 aliphatic rings. The molecule has 0 unspecified atom stereocenters. The summed E-state index contributed by atoms with van der Waals surface area (Å²) in [6.45, 7) is 0.309. The fourth-order valence-corrected chi connectivity index (χ4v) is 2.36. The number of ether oxygens (including phenoxy) is 1. The van der Waals surface area contributed by atoms with Crippen LogP contribution in [-0.2, 0) is 11.9 Å². The van der Waals surface area contributed by atoms with Gasteiger partial charge in [-0.2, -0.15) is 0 Å². The molecule has 6 heteroatoms. The van der Waals surface area contributed by atoms with Crippen LogP contribution in [0.25, 0.3) is 0 Å². The Morgan fingerprint density at radius 2 is 1.80 bits per heavy atom. The molecule has 0 aromatic heterocycles. The summed E-state index contributed by atoms with van der Waals surface area (Å²) >= 11 is 5.56. The summed E-state index contributed by atoms with van der Waals surface area (Å²) in [7, 11) is 0. The van der Waals surface area contributed by atoms with Gasteiger partial charge in [0.25, 0.3) is 0 Å². The zero-order valence-corrected chi connectivity index (χ0v) is 14.1. The van der Waals surface area contributed by atoms with Crippen LogP contribution >= 0.6 is 38.5 Å². The van der Waals surface area contributed by atoms with Gasteiger partial charge in [-0.1, -0.05) is 34.1 Å². The van der Waals surface area contributed by atoms with E-state index in [0.29, 0.717) is 17.7 Å². The molecule has 0 N–H and O–H groups in total. The summed E-state index contributed by atoms with van der Waals surface area (Å²) in [5.41, 5.74) is 1.90. The highest BCUT2D eigenvalue weighted by Crippen LogP contribution is 2.29.